The SMILES string of the molecule is COC1=CC2C(=NC(N)=N[N+]2=O)C=C1. The van der Waals surface area contributed by atoms with Crippen LogP contribution in [0.5, 0.6) is 0 Å². The molecule has 6 nitrogen and oxygen atoms in total. The Morgan fingerprint density at radius 1 is 1.57 bits per heavy atom. The van der Waals surface area contributed by atoms with Crippen LogP contribution in [0.1, 0.15) is 0 Å². The van der Waals surface area contributed by atoms with Gasteiger partial charge in [-0.15, -0.1) is 0 Å². The number of aliphatic imine (C=N–C) groups is 1. The molecule has 0 radical (unpaired) electrons. The minimum atomic E-state index is -0.526. The standard InChI is InChI=1S/C8H9N4O2/c1-14-5-2-3-6-7(4-5)12(13)11-8(9)10-6/h2-4,7H,1H3,(H2,9,11,13)/q+1. The van der Waals surface area contributed by atoms with E-state index in [9.17, 15) is 4.91 Å². The average molecular weight is 193 g/mol. The van der Waals surface area contributed by atoms with Crippen molar-refractivity contribution in [2.24, 2.45) is 15.8 Å². The summed E-state index contributed by atoms with van der Waals surface area (Å²) in [4.78, 5) is 15.8. The number of hydrogen-bond donors (Lipinski definition) is 1. The molecule has 14 heavy (non-hydrogen) atoms. The van der Waals surface area contributed by atoms with Gasteiger partial charge in [-0.05, 0) is 12.2 Å². The lowest BCUT2D eigenvalue weighted by Gasteiger charge is -2.11. The predicted molar refractivity (Wildman–Crippen MR) is 50.7 cm³/mol. The highest BCUT2D eigenvalue weighted by Gasteiger charge is 2.35. The van der Waals surface area contributed by atoms with Crippen LogP contribution in [0, 0.1) is 4.91 Å². The molecule has 0 aromatic heterocycles. The quantitative estimate of drug-likeness (QED) is 0.591. The number of nitrogens with zero attached hydrogens (tertiary/aromatic N) is 3. The maximum atomic E-state index is 11.3. The van der Waals surface area contributed by atoms with E-state index in [2.05, 4.69) is 10.1 Å². The Morgan fingerprint density at radius 2 is 2.36 bits per heavy atom. The lowest BCUT2D eigenvalue weighted by atomic mass is 10.1. The molecule has 6 heteroatoms. The van der Waals surface area contributed by atoms with E-state index in [-0.39, 0.29) is 5.96 Å². The maximum Gasteiger partial charge on any atom is 0.301 e. The molecular formula is C8H9N4O2+. The van der Waals surface area contributed by atoms with Gasteiger partial charge in [0.2, 0.25) is 0 Å². The van der Waals surface area contributed by atoms with Gasteiger partial charge < -0.3 is 10.5 Å². The topological polar surface area (TPSA) is 80.0 Å². The van der Waals surface area contributed by atoms with Crippen molar-refractivity contribution in [1.82, 2.24) is 0 Å². The van der Waals surface area contributed by atoms with E-state index in [4.69, 9.17) is 10.5 Å². The summed E-state index contributed by atoms with van der Waals surface area (Å²) in [5.74, 6) is 0.593. The Kier molecular flexibility index (Phi) is 1.88. The zero-order valence-electron chi connectivity index (χ0n) is 7.54. The number of fused-ring (bicyclic) bond motifs is 1. The number of ether oxygens (including phenoxy) is 1. The van der Waals surface area contributed by atoms with Crippen molar-refractivity contribution < 1.29 is 9.61 Å². The summed E-state index contributed by atoms with van der Waals surface area (Å²) in [7, 11) is 1.54. The molecule has 1 aliphatic heterocycles. The number of methoxy groups -OCH3 is 1. The zero-order valence-corrected chi connectivity index (χ0v) is 7.54. The molecular weight excluding hydrogens is 184 g/mol. The minimum absolute atomic E-state index is 0.0230. The van der Waals surface area contributed by atoms with Gasteiger partial charge in [0.05, 0.1) is 17.1 Å². The Labute approximate surface area is 80.0 Å². The first-order valence-electron chi connectivity index (χ1n) is 4.03. The van der Waals surface area contributed by atoms with E-state index in [1.54, 1.807) is 18.2 Å². The van der Waals surface area contributed by atoms with Crippen molar-refractivity contribution in [2.75, 3.05) is 7.11 Å². The minimum Gasteiger partial charge on any atom is -0.497 e. The van der Waals surface area contributed by atoms with Gasteiger partial charge in [0.25, 0.3) is 5.96 Å². The normalized spacial score (nSPS) is 24.8. The molecule has 0 spiro atoms. The fraction of sp³-hybridized carbons (Fsp3) is 0.250. The summed E-state index contributed by atoms with van der Waals surface area (Å²) in [6.07, 6.45) is 5.06. The molecule has 0 bridgehead atoms. The zero-order chi connectivity index (χ0) is 10.1. The number of nitrogens with two attached hydrogens (primary N) is 1. The van der Waals surface area contributed by atoms with Crippen molar-refractivity contribution in [1.29, 1.82) is 0 Å². The number of nitroso groups, excluding NO2 is 1. The summed E-state index contributed by atoms with van der Waals surface area (Å²) in [6, 6.07) is -0.526. The highest BCUT2D eigenvalue weighted by molar-refractivity contribution is 6.07. The molecule has 2 aliphatic rings. The molecule has 1 heterocycles. The van der Waals surface area contributed by atoms with E-state index >= 15 is 0 Å². The first-order valence-corrected chi connectivity index (χ1v) is 4.03. The lowest BCUT2D eigenvalue weighted by molar-refractivity contribution is -0.565. The van der Waals surface area contributed by atoms with Crippen LogP contribution < -0.4 is 5.73 Å². The van der Waals surface area contributed by atoms with E-state index in [0.717, 1.165) is 0 Å². The van der Waals surface area contributed by atoms with Crippen LogP contribution in [-0.2, 0) is 4.74 Å². The molecule has 0 aromatic carbocycles. The van der Waals surface area contributed by atoms with E-state index in [0.29, 0.717) is 16.3 Å². The van der Waals surface area contributed by atoms with E-state index < -0.39 is 6.04 Å². The van der Waals surface area contributed by atoms with Gasteiger partial charge in [0.15, 0.2) is 4.87 Å². The van der Waals surface area contributed by atoms with Gasteiger partial charge in [-0.3, -0.25) is 0 Å². The van der Waals surface area contributed by atoms with Crippen LogP contribution in [0.2, 0.25) is 0 Å². The van der Waals surface area contributed by atoms with Gasteiger partial charge in [-0.25, -0.2) is 4.99 Å². The summed E-state index contributed by atoms with van der Waals surface area (Å²) in [5, 5.41) is 3.49. The number of allylic oxidation sites excluding steroid dienone is 1. The van der Waals surface area contributed by atoms with Crippen molar-refractivity contribution in [3.05, 3.63) is 28.9 Å². The second-order valence-electron chi connectivity index (χ2n) is 2.85. The molecule has 2 rings (SSSR count). The molecule has 0 aromatic rings. The molecule has 0 fully saturated rings. The van der Waals surface area contributed by atoms with Crippen LogP contribution in [0.4, 0.5) is 0 Å². The number of guanidine groups is 1. The maximum absolute atomic E-state index is 11.3. The third kappa shape index (κ3) is 1.30. The second kappa shape index (κ2) is 3.06. The number of hydrazone groups is 1. The number of hydrogen-bond acceptors (Lipinski definition) is 4. The van der Waals surface area contributed by atoms with Gasteiger partial charge in [-0.2, -0.15) is 0 Å². The highest BCUT2D eigenvalue weighted by Crippen LogP contribution is 2.14. The Morgan fingerprint density at radius 3 is 3.07 bits per heavy atom. The van der Waals surface area contributed by atoms with Crippen molar-refractivity contribution in [3.8, 4) is 0 Å². The molecule has 1 atom stereocenters. The van der Waals surface area contributed by atoms with Crippen LogP contribution in [-0.4, -0.2) is 29.7 Å². The average Bonchev–Trinajstić information content (AvgIpc) is 2.17. The predicted octanol–water partition coefficient (Wildman–Crippen LogP) is -0.0817. The van der Waals surface area contributed by atoms with Crippen LogP contribution in [0.25, 0.3) is 0 Å². The van der Waals surface area contributed by atoms with Crippen molar-refractivity contribution in [2.45, 2.75) is 6.04 Å². The fourth-order valence-electron chi connectivity index (χ4n) is 1.30. The van der Waals surface area contributed by atoms with Crippen LogP contribution in [0.3, 0.4) is 0 Å². The van der Waals surface area contributed by atoms with E-state index in [1.807, 2.05) is 0 Å². The van der Waals surface area contributed by atoms with Gasteiger partial charge >= 0.3 is 6.04 Å². The number of rotatable bonds is 1. The first kappa shape index (κ1) is 8.61. The van der Waals surface area contributed by atoms with Crippen LogP contribution >= 0.6 is 0 Å². The van der Waals surface area contributed by atoms with Crippen LogP contribution in [0.15, 0.2) is 34.1 Å². The third-order valence-corrected chi connectivity index (χ3v) is 1.96. The largest absolute Gasteiger partial charge is 0.497 e. The summed E-state index contributed by atoms with van der Waals surface area (Å²) >= 11 is 0. The smallest absolute Gasteiger partial charge is 0.301 e. The van der Waals surface area contributed by atoms with Gasteiger partial charge in [0, 0.05) is 6.08 Å². The molecule has 0 saturated carbocycles. The first-order chi connectivity index (χ1) is 6.70. The Bertz CT molecular complexity index is 406. The highest BCUT2D eigenvalue weighted by atomic mass is 16.5. The third-order valence-electron chi connectivity index (χ3n) is 1.96. The van der Waals surface area contributed by atoms with Crippen molar-refractivity contribution in [3.63, 3.8) is 0 Å². The summed E-state index contributed by atoms with van der Waals surface area (Å²) in [5.41, 5.74) is 5.91. The molecule has 1 unspecified atom stereocenters. The fourth-order valence-corrected chi connectivity index (χ4v) is 1.30. The molecule has 0 saturated heterocycles. The molecule has 2 N–H and O–H groups in total. The monoisotopic (exact) mass is 193 g/mol. The Balaban J connectivity index is 2.38. The molecule has 1 aliphatic carbocycles. The summed E-state index contributed by atoms with van der Waals surface area (Å²) in [6.45, 7) is 0. The van der Waals surface area contributed by atoms with Crippen molar-refractivity contribution >= 4 is 11.7 Å². The summed E-state index contributed by atoms with van der Waals surface area (Å²) < 4.78 is 4.99. The molecule has 0 amide bonds. The van der Waals surface area contributed by atoms with Gasteiger partial charge in [-0.1, -0.05) is 0 Å². The Hall–Kier alpha value is -1.98. The second-order valence-corrected chi connectivity index (χ2v) is 2.85. The lowest BCUT2D eigenvalue weighted by Crippen LogP contribution is -2.35. The van der Waals surface area contributed by atoms with E-state index in [1.165, 1.54) is 7.11 Å². The molecule has 72 valence electrons. The van der Waals surface area contributed by atoms with Gasteiger partial charge in [0.1, 0.15) is 11.5 Å².